The maximum atomic E-state index is 12.3. The van der Waals surface area contributed by atoms with Crippen LogP contribution in [0.25, 0.3) is 0 Å². The minimum Gasteiger partial charge on any atom is -0.288 e. The van der Waals surface area contributed by atoms with Crippen LogP contribution < -0.4 is 16.6 Å². The zero-order valence-corrected chi connectivity index (χ0v) is 12.5. The lowest BCUT2D eigenvalue weighted by Crippen LogP contribution is -2.44. The largest absolute Gasteiger partial charge is 0.347 e. The topological polar surface area (TPSA) is 130 Å². The molecule has 0 radical (unpaired) electrons. The molecule has 2 heterocycles. The normalized spacial score (nSPS) is 10.7. The number of aryl methyl sites for hydroxylation is 2. The monoisotopic (exact) mass is 308 g/mol. The molecule has 0 saturated carbocycles. The second kappa shape index (κ2) is 6.28. The summed E-state index contributed by atoms with van der Waals surface area (Å²) in [6.07, 6.45) is 1.46. The molecule has 0 saturated heterocycles. The third kappa shape index (κ3) is 2.92. The van der Waals surface area contributed by atoms with E-state index in [9.17, 15) is 14.4 Å². The molecular formula is C11H16N8O3. The minimum absolute atomic E-state index is 0.0696. The van der Waals surface area contributed by atoms with Crippen LogP contribution in [0.4, 0.5) is 5.95 Å². The van der Waals surface area contributed by atoms with E-state index in [2.05, 4.69) is 25.9 Å². The molecule has 2 aromatic heterocycles. The lowest BCUT2D eigenvalue weighted by atomic mass is 10.3. The van der Waals surface area contributed by atoms with Crippen LogP contribution in [0.15, 0.2) is 9.59 Å². The molecule has 1 N–H and O–H groups in total. The fraction of sp³-hybridized carbons (Fsp3) is 0.545. The smallest absolute Gasteiger partial charge is 0.288 e. The number of amides is 1. The highest BCUT2D eigenvalue weighted by Crippen LogP contribution is 1.98. The van der Waals surface area contributed by atoms with Crippen molar-refractivity contribution in [2.24, 2.45) is 14.1 Å². The maximum absolute atomic E-state index is 12.3. The average Bonchev–Trinajstić information content (AvgIpc) is 2.88. The Morgan fingerprint density at radius 1 is 1.23 bits per heavy atom. The van der Waals surface area contributed by atoms with E-state index >= 15 is 0 Å². The number of tetrazole rings is 1. The Morgan fingerprint density at radius 2 is 1.95 bits per heavy atom. The van der Waals surface area contributed by atoms with Crippen LogP contribution in [0.1, 0.15) is 30.3 Å². The number of hydrogen-bond acceptors (Lipinski definition) is 7. The standard InChI is InChI=1S/C11H16N8O3/c1-4-5-6-19-9(21)7(14-18(3)11(19)22)8(20)12-10-13-15-16-17(10)2/h4-6H2,1-3H3,(H,12,13,16,20). The molecule has 0 atom stereocenters. The van der Waals surface area contributed by atoms with Gasteiger partial charge in [0.15, 0.2) is 0 Å². The Bertz CT molecular complexity index is 802. The van der Waals surface area contributed by atoms with Gasteiger partial charge in [-0.2, -0.15) is 5.10 Å². The van der Waals surface area contributed by atoms with Gasteiger partial charge in [-0.15, -0.1) is 0 Å². The summed E-state index contributed by atoms with van der Waals surface area (Å²) in [4.78, 5) is 36.4. The summed E-state index contributed by atoms with van der Waals surface area (Å²) in [5.74, 6) is -0.705. The first-order chi connectivity index (χ1) is 10.5. The number of aromatic nitrogens is 7. The molecule has 0 unspecified atom stereocenters. The van der Waals surface area contributed by atoms with E-state index in [0.29, 0.717) is 6.42 Å². The molecule has 0 aliphatic rings. The van der Waals surface area contributed by atoms with E-state index in [1.807, 2.05) is 6.92 Å². The highest BCUT2D eigenvalue weighted by atomic mass is 16.2. The number of carbonyl (C=O) groups is 1. The molecular weight excluding hydrogens is 292 g/mol. The molecule has 0 spiro atoms. The summed E-state index contributed by atoms with van der Waals surface area (Å²) in [5, 5.41) is 16.6. The van der Waals surface area contributed by atoms with Crippen molar-refractivity contribution in [3.05, 3.63) is 26.5 Å². The van der Waals surface area contributed by atoms with Crippen molar-refractivity contribution in [1.82, 2.24) is 34.6 Å². The highest BCUT2D eigenvalue weighted by Gasteiger charge is 2.19. The molecule has 2 aromatic rings. The van der Waals surface area contributed by atoms with Crippen molar-refractivity contribution in [3.8, 4) is 0 Å². The summed E-state index contributed by atoms with van der Waals surface area (Å²) in [6.45, 7) is 2.17. The fourth-order valence-electron chi connectivity index (χ4n) is 1.78. The Labute approximate surface area is 124 Å². The Morgan fingerprint density at radius 3 is 2.55 bits per heavy atom. The number of carbonyl (C=O) groups excluding carboxylic acids is 1. The third-order valence-corrected chi connectivity index (χ3v) is 3.00. The van der Waals surface area contributed by atoms with E-state index in [0.717, 1.165) is 15.7 Å². The average molecular weight is 308 g/mol. The first-order valence-electron chi connectivity index (χ1n) is 6.67. The maximum Gasteiger partial charge on any atom is 0.347 e. The molecule has 22 heavy (non-hydrogen) atoms. The highest BCUT2D eigenvalue weighted by molar-refractivity contribution is 6.01. The van der Waals surface area contributed by atoms with Crippen LogP contribution in [0.3, 0.4) is 0 Å². The van der Waals surface area contributed by atoms with E-state index in [-0.39, 0.29) is 18.2 Å². The van der Waals surface area contributed by atoms with E-state index < -0.39 is 17.2 Å². The SMILES string of the molecule is CCCCn1c(=O)c(C(=O)Nc2nnnn2C)nn(C)c1=O. The Balaban J connectivity index is 2.40. The van der Waals surface area contributed by atoms with Gasteiger partial charge < -0.3 is 0 Å². The molecule has 0 aliphatic carbocycles. The third-order valence-electron chi connectivity index (χ3n) is 3.00. The van der Waals surface area contributed by atoms with Crippen LogP contribution in [0, 0.1) is 0 Å². The van der Waals surface area contributed by atoms with Gasteiger partial charge in [0.05, 0.1) is 0 Å². The molecule has 2 rings (SSSR count). The number of rotatable bonds is 5. The van der Waals surface area contributed by atoms with Crippen LogP contribution in [-0.2, 0) is 20.6 Å². The number of nitrogens with zero attached hydrogens (tertiary/aromatic N) is 7. The molecule has 1 amide bonds. The van der Waals surface area contributed by atoms with Gasteiger partial charge >= 0.3 is 5.69 Å². The van der Waals surface area contributed by atoms with Crippen molar-refractivity contribution >= 4 is 11.9 Å². The zero-order valence-electron chi connectivity index (χ0n) is 12.5. The summed E-state index contributed by atoms with van der Waals surface area (Å²) in [7, 11) is 2.91. The predicted octanol–water partition coefficient (Wildman–Crippen LogP) is -1.48. The Kier molecular flexibility index (Phi) is 4.44. The number of hydrogen-bond donors (Lipinski definition) is 1. The van der Waals surface area contributed by atoms with Gasteiger partial charge in [-0.3, -0.25) is 19.5 Å². The molecule has 118 valence electrons. The van der Waals surface area contributed by atoms with Gasteiger partial charge in [0.1, 0.15) is 0 Å². The van der Waals surface area contributed by atoms with Crippen molar-refractivity contribution in [2.75, 3.05) is 5.32 Å². The quantitative estimate of drug-likeness (QED) is 0.712. The Hall–Kier alpha value is -2.85. The fourth-order valence-corrected chi connectivity index (χ4v) is 1.78. The van der Waals surface area contributed by atoms with Crippen LogP contribution in [0.2, 0.25) is 0 Å². The molecule has 0 aliphatic heterocycles. The van der Waals surface area contributed by atoms with Crippen molar-refractivity contribution < 1.29 is 4.79 Å². The van der Waals surface area contributed by atoms with Gasteiger partial charge in [0, 0.05) is 20.6 Å². The summed E-state index contributed by atoms with van der Waals surface area (Å²) in [5.41, 5.74) is -1.68. The second-order valence-corrected chi connectivity index (χ2v) is 4.65. The van der Waals surface area contributed by atoms with Gasteiger partial charge in [-0.05, 0) is 16.8 Å². The molecule has 0 bridgehead atoms. The predicted molar refractivity (Wildman–Crippen MR) is 75.4 cm³/mol. The lowest BCUT2D eigenvalue weighted by molar-refractivity contribution is 0.101. The van der Waals surface area contributed by atoms with Crippen LogP contribution in [0.5, 0.6) is 0 Å². The van der Waals surface area contributed by atoms with E-state index in [1.165, 1.54) is 18.8 Å². The van der Waals surface area contributed by atoms with E-state index in [4.69, 9.17) is 0 Å². The summed E-state index contributed by atoms with van der Waals surface area (Å²) >= 11 is 0. The van der Waals surface area contributed by atoms with Crippen LogP contribution in [-0.4, -0.2) is 40.5 Å². The lowest BCUT2D eigenvalue weighted by Gasteiger charge is -2.08. The summed E-state index contributed by atoms with van der Waals surface area (Å²) < 4.78 is 3.19. The molecule has 0 fully saturated rings. The van der Waals surface area contributed by atoms with Gasteiger partial charge in [0.2, 0.25) is 11.6 Å². The first-order valence-corrected chi connectivity index (χ1v) is 6.67. The summed E-state index contributed by atoms with van der Waals surface area (Å²) in [6, 6.07) is 0. The zero-order chi connectivity index (χ0) is 16.3. The van der Waals surface area contributed by atoms with Crippen molar-refractivity contribution in [3.63, 3.8) is 0 Å². The van der Waals surface area contributed by atoms with Gasteiger partial charge in [0.25, 0.3) is 11.5 Å². The second-order valence-electron chi connectivity index (χ2n) is 4.65. The van der Waals surface area contributed by atoms with E-state index in [1.54, 1.807) is 0 Å². The molecule has 0 aromatic carbocycles. The first kappa shape index (κ1) is 15.5. The van der Waals surface area contributed by atoms with Crippen molar-refractivity contribution in [1.29, 1.82) is 0 Å². The van der Waals surface area contributed by atoms with Gasteiger partial charge in [-0.1, -0.05) is 18.4 Å². The van der Waals surface area contributed by atoms with Gasteiger partial charge in [-0.25, -0.2) is 14.2 Å². The molecule has 11 heteroatoms. The van der Waals surface area contributed by atoms with Crippen molar-refractivity contribution in [2.45, 2.75) is 26.3 Å². The number of anilines is 1. The van der Waals surface area contributed by atoms with Crippen LogP contribution >= 0.6 is 0 Å². The molecule has 11 nitrogen and oxygen atoms in total. The minimum atomic E-state index is -0.774. The number of nitrogens with one attached hydrogen (secondary N) is 1. The number of unbranched alkanes of at least 4 members (excludes halogenated alkanes) is 1.